The largest absolute Gasteiger partial charge is 0.327 e. The molecule has 1 aliphatic heterocycles. The molecule has 19 heavy (non-hydrogen) atoms. The van der Waals surface area contributed by atoms with E-state index in [0.717, 1.165) is 50.6 Å². The van der Waals surface area contributed by atoms with Gasteiger partial charge in [0.2, 0.25) is 0 Å². The fourth-order valence-electron chi connectivity index (χ4n) is 2.76. The lowest BCUT2D eigenvalue weighted by atomic mass is 10.4. The first-order valence-corrected chi connectivity index (χ1v) is 7.10. The van der Waals surface area contributed by atoms with E-state index in [9.17, 15) is 0 Å². The van der Waals surface area contributed by atoms with Gasteiger partial charge < -0.3 is 9.88 Å². The molecule has 5 heteroatoms. The Morgan fingerprint density at radius 2 is 2.26 bits per heavy atom. The molecule has 1 aliphatic rings. The number of aromatic nitrogens is 3. The van der Waals surface area contributed by atoms with Crippen LogP contribution in [0.3, 0.4) is 0 Å². The SMILES string of the molecule is CCn1c(CN2CCCNCC2)nc2cnccc21. The van der Waals surface area contributed by atoms with Gasteiger partial charge in [0, 0.05) is 25.8 Å². The van der Waals surface area contributed by atoms with Gasteiger partial charge in [-0.2, -0.15) is 0 Å². The van der Waals surface area contributed by atoms with E-state index in [1.165, 1.54) is 11.9 Å². The van der Waals surface area contributed by atoms with Gasteiger partial charge >= 0.3 is 0 Å². The minimum absolute atomic E-state index is 0.935. The highest BCUT2D eigenvalue weighted by atomic mass is 15.2. The first-order valence-electron chi connectivity index (χ1n) is 7.10. The van der Waals surface area contributed by atoms with E-state index in [-0.39, 0.29) is 0 Å². The fourth-order valence-corrected chi connectivity index (χ4v) is 2.76. The summed E-state index contributed by atoms with van der Waals surface area (Å²) >= 11 is 0. The molecule has 5 nitrogen and oxygen atoms in total. The highest BCUT2D eigenvalue weighted by molar-refractivity contribution is 5.74. The number of imidazole rings is 1. The van der Waals surface area contributed by atoms with Crippen molar-refractivity contribution >= 4 is 11.0 Å². The minimum atomic E-state index is 0.935. The van der Waals surface area contributed by atoms with Crippen LogP contribution in [0.25, 0.3) is 11.0 Å². The van der Waals surface area contributed by atoms with Gasteiger partial charge in [0.1, 0.15) is 11.3 Å². The average Bonchev–Trinajstić information content (AvgIpc) is 2.60. The normalized spacial score (nSPS) is 17.7. The number of pyridine rings is 1. The van der Waals surface area contributed by atoms with Crippen LogP contribution in [0.1, 0.15) is 19.2 Å². The molecular weight excluding hydrogens is 238 g/mol. The third-order valence-electron chi connectivity index (χ3n) is 3.74. The van der Waals surface area contributed by atoms with Gasteiger partial charge in [-0.15, -0.1) is 0 Å². The Morgan fingerprint density at radius 1 is 1.32 bits per heavy atom. The van der Waals surface area contributed by atoms with Gasteiger partial charge in [-0.3, -0.25) is 9.88 Å². The van der Waals surface area contributed by atoms with Gasteiger partial charge in [-0.1, -0.05) is 0 Å². The van der Waals surface area contributed by atoms with Gasteiger partial charge in [0.25, 0.3) is 0 Å². The summed E-state index contributed by atoms with van der Waals surface area (Å²) in [5.41, 5.74) is 2.20. The molecule has 3 heterocycles. The lowest BCUT2D eigenvalue weighted by molar-refractivity contribution is 0.274. The Kier molecular flexibility index (Phi) is 3.75. The number of aryl methyl sites for hydroxylation is 1. The number of nitrogens with zero attached hydrogens (tertiary/aromatic N) is 4. The molecule has 3 rings (SSSR count). The van der Waals surface area contributed by atoms with E-state index in [2.05, 4.69) is 32.8 Å². The third kappa shape index (κ3) is 2.62. The van der Waals surface area contributed by atoms with Crippen molar-refractivity contribution in [1.82, 2.24) is 24.8 Å². The van der Waals surface area contributed by atoms with E-state index in [1.807, 2.05) is 12.4 Å². The van der Waals surface area contributed by atoms with Crippen molar-refractivity contribution < 1.29 is 0 Å². The van der Waals surface area contributed by atoms with Crippen LogP contribution >= 0.6 is 0 Å². The van der Waals surface area contributed by atoms with Crippen LogP contribution in [-0.4, -0.2) is 45.6 Å². The van der Waals surface area contributed by atoms with Crippen LogP contribution < -0.4 is 5.32 Å². The molecule has 0 spiro atoms. The number of fused-ring (bicyclic) bond motifs is 1. The van der Waals surface area contributed by atoms with Crippen LogP contribution in [-0.2, 0) is 13.1 Å². The smallest absolute Gasteiger partial charge is 0.124 e. The van der Waals surface area contributed by atoms with Crippen LogP contribution in [0.5, 0.6) is 0 Å². The van der Waals surface area contributed by atoms with E-state index in [1.54, 1.807) is 0 Å². The van der Waals surface area contributed by atoms with Crippen LogP contribution in [0.2, 0.25) is 0 Å². The summed E-state index contributed by atoms with van der Waals surface area (Å²) < 4.78 is 2.30. The molecule has 102 valence electrons. The lowest BCUT2D eigenvalue weighted by Crippen LogP contribution is -2.29. The highest BCUT2D eigenvalue weighted by Crippen LogP contribution is 2.16. The summed E-state index contributed by atoms with van der Waals surface area (Å²) in [6, 6.07) is 2.05. The van der Waals surface area contributed by atoms with Gasteiger partial charge in [0.05, 0.1) is 18.3 Å². The Hall–Kier alpha value is -1.46. The number of rotatable bonds is 3. The standard InChI is InChI=1S/C14H21N5/c1-2-19-13-4-6-16-10-12(13)17-14(19)11-18-8-3-5-15-7-9-18/h4,6,10,15H,2-3,5,7-9,11H2,1H3. The summed E-state index contributed by atoms with van der Waals surface area (Å²) in [7, 11) is 0. The number of hydrogen-bond acceptors (Lipinski definition) is 4. The second kappa shape index (κ2) is 5.67. The molecule has 0 aromatic carbocycles. The van der Waals surface area contributed by atoms with Gasteiger partial charge in [0.15, 0.2) is 0 Å². The van der Waals surface area contributed by atoms with Crippen LogP contribution in [0, 0.1) is 0 Å². The molecule has 0 bridgehead atoms. The quantitative estimate of drug-likeness (QED) is 0.901. The average molecular weight is 259 g/mol. The maximum absolute atomic E-state index is 4.75. The number of nitrogens with one attached hydrogen (secondary N) is 1. The molecule has 1 saturated heterocycles. The molecule has 1 fully saturated rings. The van der Waals surface area contributed by atoms with Crippen molar-refractivity contribution in [3.63, 3.8) is 0 Å². The second-order valence-corrected chi connectivity index (χ2v) is 5.02. The monoisotopic (exact) mass is 259 g/mol. The molecular formula is C14H21N5. The predicted molar refractivity (Wildman–Crippen MR) is 76.0 cm³/mol. The zero-order valence-corrected chi connectivity index (χ0v) is 11.5. The summed E-state index contributed by atoms with van der Waals surface area (Å²) in [5, 5.41) is 3.44. The van der Waals surface area contributed by atoms with E-state index in [4.69, 9.17) is 4.98 Å². The zero-order valence-electron chi connectivity index (χ0n) is 11.5. The summed E-state index contributed by atoms with van der Waals surface area (Å²) in [6.07, 6.45) is 4.92. The van der Waals surface area contributed by atoms with Gasteiger partial charge in [-0.05, 0) is 32.5 Å². The molecule has 0 atom stereocenters. The molecule has 0 unspecified atom stereocenters. The molecule has 2 aromatic rings. The first-order chi connectivity index (χ1) is 9.38. The zero-order chi connectivity index (χ0) is 13.1. The van der Waals surface area contributed by atoms with E-state index in [0.29, 0.717) is 0 Å². The van der Waals surface area contributed by atoms with Crippen LogP contribution in [0.15, 0.2) is 18.5 Å². The maximum atomic E-state index is 4.75. The van der Waals surface area contributed by atoms with Crippen molar-refractivity contribution in [2.24, 2.45) is 0 Å². The third-order valence-corrected chi connectivity index (χ3v) is 3.74. The summed E-state index contributed by atoms with van der Waals surface area (Å²) in [4.78, 5) is 11.4. The van der Waals surface area contributed by atoms with E-state index < -0.39 is 0 Å². The van der Waals surface area contributed by atoms with E-state index >= 15 is 0 Å². The van der Waals surface area contributed by atoms with Crippen molar-refractivity contribution in [3.8, 4) is 0 Å². The topological polar surface area (TPSA) is 46.0 Å². The van der Waals surface area contributed by atoms with Crippen molar-refractivity contribution in [3.05, 3.63) is 24.3 Å². The number of hydrogen-bond donors (Lipinski definition) is 1. The Balaban J connectivity index is 1.87. The molecule has 2 aromatic heterocycles. The summed E-state index contributed by atoms with van der Waals surface area (Å²) in [5.74, 6) is 1.16. The van der Waals surface area contributed by atoms with Crippen LogP contribution in [0.4, 0.5) is 0 Å². The van der Waals surface area contributed by atoms with Crippen molar-refractivity contribution in [2.45, 2.75) is 26.4 Å². The molecule has 0 saturated carbocycles. The summed E-state index contributed by atoms with van der Waals surface area (Å²) in [6.45, 7) is 8.53. The predicted octanol–water partition coefficient (Wildman–Crippen LogP) is 1.25. The second-order valence-electron chi connectivity index (χ2n) is 5.02. The molecule has 1 N–H and O–H groups in total. The fraction of sp³-hybridized carbons (Fsp3) is 0.571. The minimum Gasteiger partial charge on any atom is -0.327 e. The Bertz CT molecular complexity index is 540. The lowest BCUT2D eigenvalue weighted by Gasteiger charge is -2.19. The molecule has 0 radical (unpaired) electrons. The molecule has 0 aliphatic carbocycles. The first kappa shape index (κ1) is 12.6. The maximum Gasteiger partial charge on any atom is 0.124 e. The Labute approximate surface area is 113 Å². The molecule has 0 amide bonds. The Morgan fingerprint density at radius 3 is 3.16 bits per heavy atom. The van der Waals surface area contributed by atoms with Crippen molar-refractivity contribution in [2.75, 3.05) is 26.2 Å². The van der Waals surface area contributed by atoms with Crippen molar-refractivity contribution in [1.29, 1.82) is 0 Å². The highest BCUT2D eigenvalue weighted by Gasteiger charge is 2.14. The van der Waals surface area contributed by atoms with Gasteiger partial charge in [-0.25, -0.2) is 4.98 Å².